The van der Waals surface area contributed by atoms with Crippen molar-refractivity contribution in [2.24, 2.45) is 0 Å². The molecule has 0 saturated carbocycles. The van der Waals surface area contributed by atoms with E-state index in [0.717, 1.165) is 0 Å². The number of likely N-dealkylation sites (N-methyl/N-ethyl adjacent to an activating group) is 1. The quantitative estimate of drug-likeness (QED) is 0.794. The maximum absolute atomic E-state index is 11.2. The van der Waals surface area contributed by atoms with Crippen molar-refractivity contribution in [2.45, 2.75) is 6.54 Å². The van der Waals surface area contributed by atoms with Crippen molar-refractivity contribution in [1.82, 2.24) is 10.2 Å². The monoisotopic (exact) mass is 242 g/mol. The number of carbonyl (C=O) groups is 2. The van der Waals surface area contributed by atoms with E-state index in [4.69, 9.17) is 5.11 Å². The second kappa shape index (κ2) is 5.62. The molecule has 2 N–H and O–H groups in total. The number of carboxylic acids is 1. The third-order valence-corrected chi connectivity index (χ3v) is 2.98. The maximum Gasteiger partial charge on any atom is 0.346 e. The van der Waals surface area contributed by atoms with Crippen LogP contribution in [-0.2, 0) is 11.3 Å². The van der Waals surface area contributed by atoms with Crippen LogP contribution in [0.2, 0.25) is 0 Å². The minimum absolute atomic E-state index is 0.0351. The molecule has 0 saturated heterocycles. The van der Waals surface area contributed by atoms with Gasteiger partial charge in [0.1, 0.15) is 4.88 Å². The van der Waals surface area contributed by atoms with Gasteiger partial charge < -0.3 is 15.3 Å². The highest BCUT2D eigenvalue weighted by Crippen LogP contribution is 2.16. The lowest BCUT2D eigenvalue weighted by molar-refractivity contribution is -0.127. The molecule has 16 heavy (non-hydrogen) atoms. The predicted octanol–water partition coefficient (Wildman–Crippen LogP) is 0.624. The molecule has 1 aromatic rings. The Morgan fingerprint density at radius 2 is 2.19 bits per heavy atom. The van der Waals surface area contributed by atoms with E-state index >= 15 is 0 Å². The number of rotatable bonds is 5. The van der Waals surface area contributed by atoms with Crippen LogP contribution in [0.1, 0.15) is 15.2 Å². The molecular weight excluding hydrogens is 228 g/mol. The van der Waals surface area contributed by atoms with E-state index in [0.29, 0.717) is 17.0 Å². The van der Waals surface area contributed by atoms with Gasteiger partial charge in [-0.05, 0) is 17.0 Å². The van der Waals surface area contributed by atoms with E-state index in [1.54, 1.807) is 25.5 Å². The molecule has 0 aliphatic rings. The summed E-state index contributed by atoms with van der Waals surface area (Å²) < 4.78 is 0. The van der Waals surface area contributed by atoms with Gasteiger partial charge in [0.05, 0.1) is 6.54 Å². The van der Waals surface area contributed by atoms with Crippen LogP contribution in [0.15, 0.2) is 11.4 Å². The molecule has 5 nitrogen and oxygen atoms in total. The summed E-state index contributed by atoms with van der Waals surface area (Å²) in [4.78, 5) is 23.8. The number of nitrogens with zero attached hydrogens (tertiary/aromatic N) is 1. The summed E-state index contributed by atoms with van der Waals surface area (Å²) in [7, 11) is 3.36. The molecule has 88 valence electrons. The highest BCUT2D eigenvalue weighted by Gasteiger charge is 2.11. The second-order valence-corrected chi connectivity index (χ2v) is 4.39. The van der Waals surface area contributed by atoms with Crippen LogP contribution in [0.4, 0.5) is 0 Å². The molecule has 0 aromatic carbocycles. The van der Waals surface area contributed by atoms with Gasteiger partial charge in [0.25, 0.3) is 0 Å². The van der Waals surface area contributed by atoms with E-state index in [2.05, 4.69) is 5.32 Å². The zero-order valence-corrected chi connectivity index (χ0v) is 10.0. The number of hydrogen-bond donors (Lipinski definition) is 2. The van der Waals surface area contributed by atoms with Gasteiger partial charge in [0.15, 0.2) is 0 Å². The molecule has 1 rings (SSSR count). The number of hydrogen-bond acceptors (Lipinski definition) is 4. The summed E-state index contributed by atoms with van der Waals surface area (Å²) in [5, 5.41) is 13.5. The molecule has 0 radical (unpaired) electrons. The van der Waals surface area contributed by atoms with Crippen LogP contribution in [0.25, 0.3) is 0 Å². The van der Waals surface area contributed by atoms with Crippen molar-refractivity contribution in [3.8, 4) is 0 Å². The Bertz CT molecular complexity index is 387. The number of thiophene rings is 1. The lowest BCUT2D eigenvalue weighted by Gasteiger charge is -2.10. The molecule has 0 bridgehead atoms. The molecule has 1 amide bonds. The van der Waals surface area contributed by atoms with Crippen LogP contribution < -0.4 is 5.32 Å². The van der Waals surface area contributed by atoms with Crippen molar-refractivity contribution >= 4 is 23.2 Å². The Balaban J connectivity index is 2.46. The topological polar surface area (TPSA) is 69.6 Å². The number of amides is 1. The van der Waals surface area contributed by atoms with E-state index in [9.17, 15) is 9.59 Å². The van der Waals surface area contributed by atoms with E-state index in [1.807, 2.05) is 0 Å². The predicted molar refractivity (Wildman–Crippen MR) is 61.7 cm³/mol. The molecule has 1 heterocycles. The molecule has 0 aliphatic heterocycles. The first kappa shape index (κ1) is 12.7. The first-order chi connectivity index (χ1) is 7.52. The number of nitrogens with one attached hydrogen (secondary N) is 1. The molecule has 0 atom stereocenters. The maximum atomic E-state index is 11.2. The van der Waals surface area contributed by atoms with E-state index < -0.39 is 5.97 Å². The average Bonchev–Trinajstić information content (AvgIpc) is 2.65. The van der Waals surface area contributed by atoms with Gasteiger partial charge in [0, 0.05) is 20.6 Å². The van der Waals surface area contributed by atoms with E-state index in [1.165, 1.54) is 16.2 Å². The largest absolute Gasteiger partial charge is 0.477 e. The van der Waals surface area contributed by atoms with Gasteiger partial charge in [0.2, 0.25) is 5.91 Å². The molecular formula is C10H14N2O3S. The lowest BCUT2D eigenvalue weighted by atomic mass is 10.2. The standard InChI is InChI=1S/C10H14N2O3S/c1-12(2)8(13)6-11-5-7-3-4-16-9(7)10(14)15/h3-4,11H,5-6H2,1-2H3,(H,14,15). The van der Waals surface area contributed by atoms with Crippen LogP contribution >= 0.6 is 11.3 Å². The highest BCUT2D eigenvalue weighted by atomic mass is 32.1. The van der Waals surface area contributed by atoms with Gasteiger partial charge in [-0.25, -0.2) is 4.79 Å². The van der Waals surface area contributed by atoms with Gasteiger partial charge in [-0.3, -0.25) is 4.79 Å². The number of aromatic carboxylic acids is 1. The summed E-state index contributed by atoms with van der Waals surface area (Å²) >= 11 is 1.19. The van der Waals surface area contributed by atoms with Crippen molar-refractivity contribution in [1.29, 1.82) is 0 Å². The Labute approximate surface area is 97.7 Å². The van der Waals surface area contributed by atoms with Crippen LogP contribution in [0, 0.1) is 0 Å². The van der Waals surface area contributed by atoms with Gasteiger partial charge in [-0.2, -0.15) is 0 Å². The normalized spacial score (nSPS) is 10.1. The molecule has 0 fully saturated rings. The summed E-state index contributed by atoms with van der Waals surface area (Å²) in [6.07, 6.45) is 0. The van der Waals surface area contributed by atoms with E-state index in [-0.39, 0.29) is 12.5 Å². The van der Waals surface area contributed by atoms with Crippen molar-refractivity contribution in [3.63, 3.8) is 0 Å². The molecule has 0 spiro atoms. The molecule has 0 aliphatic carbocycles. The van der Waals surface area contributed by atoms with Crippen LogP contribution in [-0.4, -0.2) is 42.5 Å². The molecule has 0 unspecified atom stereocenters. The SMILES string of the molecule is CN(C)C(=O)CNCc1ccsc1C(=O)O. The summed E-state index contributed by atoms with van der Waals surface area (Å²) in [6.45, 7) is 0.604. The van der Waals surface area contributed by atoms with Gasteiger partial charge >= 0.3 is 5.97 Å². The van der Waals surface area contributed by atoms with Crippen molar-refractivity contribution in [3.05, 3.63) is 21.9 Å². The molecule has 6 heteroatoms. The smallest absolute Gasteiger partial charge is 0.346 e. The Morgan fingerprint density at radius 3 is 2.75 bits per heavy atom. The fraction of sp³-hybridized carbons (Fsp3) is 0.400. The Kier molecular flexibility index (Phi) is 4.45. The van der Waals surface area contributed by atoms with Crippen molar-refractivity contribution < 1.29 is 14.7 Å². The number of carboxylic acid groups (broad SMARTS) is 1. The fourth-order valence-corrected chi connectivity index (χ4v) is 1.89. The lowest BCUT2D eigenvalue weighted by Crippen LogP contribution is -2.32. The third kappa shape index (κ3) is 3.32. The Hall–Kier alpha value is -1.40. The zero-order valence-electron chi connectivity index (χ0n) is 9.19. The second-order valence-electron chi connectivity index (χ2n) is 3.47. The minimum Gasteiger partial charge on any atom is -0.477 e. The summed E-state index contributed by atoms with van der Waals surface area (Å²) in [5.74, 6) is -0.960. The highest BCUT2D eigenvalue weighted by molar-refractivity contribution is 7.12. The van der Waals surface area contributed by atoms with Crippen LogP contribution in [0.5, 0.6) is 0 Å². The summed E-state index contributed by atoms with van der Waals surface area (Å²) in [6, 6.07) is 1.75. The molecule has 1 aromatic heterocycles. The first-order valence-electron chi connectivity index (χ1n) is 4.73. The van der Waals surface area contributed by atoms with Gasteiger partial charge in [-0.15, -0.1) is 11.3 Å². The average molecular weight is 242 g/mol. The fourth-order valence-electron chi connectivity index (χ4n) is 1.12. The van der Waals surface area contributed by atoms with Crippen molar-refractivity contribution in [2.75, 3.05) is 20.6 Å². The first-order valence-corrected chi connectivity index (χ1v) is 5.61. The summed E-state index contributed by atoms with van der Waals surface area (Å²) in [5.41, 5.74) is 0.712. The zero-order chi connectivity index (χ0) is 12.1. The third-order valence-electron chi connectivity index (χ3n) is 2.03. The van der Waals surface area contributed by atoms with Crippen LogP contribution in [0.3, 0.4) is 0 Å². The Morgan fingerprint density at radius 1 is 1.50 bits per heavy atom. The minimum atomic E-state index is -0.925. The number of carbonyl (C=O) groups excluding carboxylic acids is 1. The van der Waals surface area contributed by atoms with Gasteiger partial charge in [-0.1, -0.05) is 0 Å².